The molecule has 3 rings (SSSR count). The molecule has 0 unspecified atom stereocenters. The van der Waals surface area contributed by atoms with Crippen molar-refractivity contribution in [3.8, 4) is 5.75 Å². The van der Waals surface area contributed by atoms with Crippen molar-refractivity contribution in [2.75, 3.05) is 6.61 Å². The zero-order chi connectivity index (χ0) is 21.0. The quantitative estimate of drug-likeness (QED) is 0.355. The van der Waals surface area contributed by atoms with E-state index in [4.69, 9.17) is 13.9 Å². The van der Waals surface area contributed by atoms with Crippen molar-refractivity contribution in [2.24, 2.45) is 0 Å². The minimum Gasteiger partial charge on any atom is -0.466 e. The molecule has 1 heterocycles. The molecule has 6 nitrogen and oxygen atoms in total. The van der Waals surface area contributed by atoms with Gasteiger partial charge in [-0.1, -0.05) is 18.2 Å². The van der Waals surface area contributed by atoms with E-state index < -0.39 is 11.6 Å². The molecular weight excluding hydrogens is 372 g/mol. The number of esters is 2. The summed E-state index contributed by atoms with van der Waals surface area (Å²) in [5.41, 5.74) is 2.46. The molecule has 1 aromatic heterocycles. The first kappa shape index (κ1) is 20.3. The number of aryl methyl sites for hydroxylation is 3. The van der Waals surface area contributed by atoms with Gasteiger partial charge in [-0.3, -0.25) is 4.79 Å². The van der Waals surface area contributed by atoms with Crippen molar-refractivity contribution >= 4 is 22.9 Å². The van der Waals surface area contributed by atoms with Crippen LogP contribution < -0.4 is 10.4 Å². The van der Waals surface area contributed by atoms with Crippen molar-refractivity contribution < 1.29 is 23.5 Å². The normalized spacial score (nSPS) is 10.7. The number of hydrogen-bond donors (Lipinski definition) is 0. The van der Waals surface area contributed by atoms with Crippen LogP contribution in [-0.4, -0.2) is 18.5 Å². The number of fused-ring (bicyclic) bond motifs is 1. The Bertz CT molecular complexity index is 1130. The van der Waals surface area contributed by atoms with Gasteiger partial charge in [0.05, 0.1) is 12.2 Å². The molecule has 2 aromatic carbocycles. The summed E-state index contributed by atoms with van der Waals surface area (Å²) in [6.45, 7) is 5.67. The van der Waals surface area contributed by atoms with E-state index in [0.717, 1.165) is 16.5 Å². The summed E-state index contributed by atoms with van der Waals surface area (Å²) in [6, 6.07) is 11.8. The lowest BCUT2D eigenvalue weighted by Crippen LogP contribution is -2.12. The molecule has 0 fully saturated rings. The fraction of sp³-hybridized carbons (Fsp3) is 0.261. The summed E-state index contributed by atoms with van der Waals surface area (Å²) in [5.74, 6) is -0.598. The summed E-state index contributed by atoms with van der Waals surface area (Å²) in [4.78, 5) is 36.2. The van der Waals surface area contributed by atoms with E-state index in [-0.39, 0.29) is 18.1 Å². The van der Waals surface area contributed by atoms with Gasteiger partial charge in [-0.15, -0.1) is 0 Å². The van der Waals surface area contributed by atoms with Crippen molar-refractivity contribution in [2.45, 2.75) is 33.6 Å². The van der Waals surface area contributed by atoms with Crippen LogP contribution in [0.4, 0.5) is 0 Å². The van der Waals surface area contributed by atoms with Crippen molar-refractivity contribution in [1.82, 2.24) is 0 Å². The first-order valence-corrected chi connectivity index (χ1v) is 9.40. The van der Waals surface area contributed by atoms with Gasteiger partial charge >= 0.3 is 17.6 Å². The molecule has 0 bridgehead atoms. The minimum absolute atomic E-state index is 0.143. The first-order chi connectivity index (χ1) is 13.9. The lowest BCUT2D eigenvalue weighted by Gasteiger charge is -2.13. The van der Waals surface area contributed by atoms with Gasteiger partial charge in [0.2, 0.25) is 0 Å². The van der Waals surface area contributed by atoms with Gasteiger partial charge in [-0.2, -0.15) is 0 Å². The van der Waals surface area contributed by atoms with Crippen LogP contribution in [-0.2, 0) is 16.0 Å². The zero-order valence-electron chi connectivity index (χ0n) is 16.6. The van der Waals surface area contributed by atoms with Gasteiger partial charge in [0.25, 0.3) is 0 Å². The molecule has 150 valence electrons. The van der Waals surface area contributed by atoms with Crippen LogP contribution in [0.25, 0.3) is 11.0 Å². The van der Waals surface area contributed by atoms with Gasteiger partial charge in [0, 0.05) is 23.9 Å². The van der Waals surface area contributed by atoms with E-state index in [1.165, 1.54) is 12.1 Å². The van der Waals surface area contributed by atoms with E-state index in [1.54, 1.807) is 32.0 Å². The Labute approximate surface area is 168 Å². The molecule has 0 aliphatic carbocycles. The molecule has 0 atom stereocenters. The highest BCUT2D eigenvalue weighted by atomic mass is 16.5. The smallest absolute Gasteiger partial charge is 0.343 e. The lowest BCUT2D eigenvalue weighted by molar-refractivity contribution is -0.143. The van der Waals surface area contributed by atoms with Crippen LogP contribution in [0, 0.1) is 13.8 Å². The topological polar surface area (TPSA) is 82.8 Å². The number of benzene rings is 2. The molecule has 0 aliphatic rings. The fourth-order valence-corrected chi connectivity index (χ4v) is 3.11. The maximum atomic E-state index is 12.7. The van der Waals surface area contributed by atoms with Gasteiger partial charge in [-0.05, 0) is 56.0 Å². The predicted octanol–water partition coefficient (Wildman–Crippen LogP) is 4.12. The first-order valence-electron chi connectivity index (χ1n) is 9.40. The maximum Gasteiger partial charge on any atom is 0.343 e. The Morgan fingerprint density at radius 1 is 1.03 bits per heavy atom. The summed E-state index contributed by atoms with van der Waals surface area (Å²) < 4.78 is 15.9. The van der Waals surface area contributed by atoms with Gasteiger partial charge in [0.15, 0.2) is 0 Å². The van der Waals surface area contributed by atoms with Crippen molar-refractivity contribution in [3.63, 3.8) is 0 Å². The monoisotopic (exact) mass is 394 g/mol. The number of carbonyl (C=O) groups excluding carboxylic acids is 2. The second kappa shape index (κ2) is 8.73. The summed E-state index contributed by atoms with van der Waals surface area (Å²) >= 11 is 0. The van der Waals surface area contributed by atoms with Crippen LogP contribution in [0.3, 0.4) is 0 Å². The molecule has 0 N–H and O–H groups in total. The standard InChI is InChI=1S/C23H22O6/c1-4-27-21(24)10-9-16-12-18-15(3)11-22(25)28-20(18)13-19(16)29-23(26)17-8-6-5-7-14(17)2/h5-8,11-13H,4,9-10H2,1-3H3. The molecule has 0 saturated carbocycles. The fourth-order valence-electron chi connectivity index (χ4n) is 3.11. The van der Waals surface area contributed by atoms with Crippen LogP contribution in [0.2, 0.25) is 0 Å². The molecule has 3 aromatic rings. The Kier molecular flexibility index (Phi) is 6.12. The lowest BCUT2D eigenvalue weighted by atomic mass is 10.0. The van der Waals surface area contributed by atoms with E-state index in [1.807, 2.05) is 19.1 Å². The Morgan fingerprint density at radius 2 is 1.79 bits per heavy atom. The second-order valence-corrected chi connectivity index (χ2v) is 6.71. The Hall–Kier alpha value is -3.41. The molecule has 0 aliphatic heterocycles. The molecule has 0 radical (unpaired) electrons. The SMILES string of the molecule is CCOC(=O)CCc1cc2c(C)cc(=O)oc2cc1OC(=O)c1ccccc1C. The highest BCUT2D eigenvalue weighted by molar-refractivity contribution is 5.93. The number of rotatable bonds is 6. The third-order valence-electron chi connectivity index (χ3n) is 4.60. The average molecular weight is 394 g/mol. The van der Waals surface area contributed by atoms with Gasteiger partial charge in [-0.25, -0.2) is 9.59 Å². The molecule has 6 heteroatoms. The minimum atomic E-state index is -0.519. The highest BCUT2D eigenvalue weighted by Gasteiger charge is 2.17. The predicted molar refractivity (Wildman–Crippen MR) is 108 cm³/mol. The number of ether oxygens (including phenoxy) is 2. The van der Waals surface area contributed by atoms with Gasteiger partial charge in [0.1, 0.15) is 11.3 Å². The second-order valence-electron chi connectivity index (χ2n) is 6.71. The molecular formula is C23H22O6. The van der Waals surface area contributed by atoms with Crippen molar-refractivity contribution in [1.29, 1.82) is 0 Å². The highest BCUT2D eigenvalue weighted by Crippen LogP contribution is 2.29. The molecule has 29 heavy (non-hydrogen) atoms. The van der Waals surface area contributed by atoms with E-state index in [2.05, 4.69) is 0 Å². The largest absolute Gasteiger partial charge is 0.466 e. The summed E-state index contributed by atoms with van der Waals surface area (Å²) in [7, 11) is 0. The maximum absolute atomic E-state index is 12.7. The van der Waals surface area contributed by atoms with Gasteiger partial charge < -0.3 is 13.9 Å². The zero-order valence-corrected chi connectivity index (χ0v) is 16.6. The Morgan fingerprint density at radius 3 is 2.52 bits per heavy atom. The van der Waals surface area contributed by atoms with Crippen LogP contribution in [0.15, 0.2) is 51.7 Å². The number of hydrogen-bond acceptors (Lipinski definition) is 6. The van der Waals surface area contributed by atoms with E-state index in [0.29, 0.717) is 29.7 Å². The number of carbonyl (C=O) groups is 2. The molecule has 0 saturated heterocycles. The summed E-state index contributed by atoms with van der Waals surface area (Å²) in [5, 5.41) is 0.721. The van der Waals surface area contributed by atoms with Crippen molar-refractivity contribution in [3.05, 3.63) is 75.1 Å². The van der Waals surface area contributed by atoms with Crippen LogP contribution in [0.5, 0.6) is 5.75 Å². The van der Waals surface area contributed by atoms with Crippen LogP contribution in [0.1, 0.15) is 40.4 Å². The Balaban J connectivity index is 2.01. The van der Waals surface area contributed by atoms with E-state index in [9.17, 15) is 14.4 Å². The average Bonchev–Trinajstić information content (AvgIpc) is 2.67. The third-order valence-corrected chi connectivity index (χ3v) is 4.60. The third kappa shape index (κ3) is 4.71. The van der Waals surface area contributed by atoms with E-state index >= 15 is 0 Å². The molecule has 0 spiro atoms. The summed E-state index contributed by atoms with van der Waals surface area (Å²) in [6.07, 6.45) is 0.466. The van der Waals surface area contributed by atoms with Crippen LogP contribution >= 0.6 is 0 Å². The molecule has 0 amide bonds.